The first kappa shape index (κ1) is 13.0. The van der Waals surface area contributed by atoms with E-state index in [2.05, 4.69) is 6.92 Å². The first-order valence-corrected chi connectivity index (χ1v) is 8.47. The van der Waals surface area contributed by atoms with Gasteiger partial charge in [-0.2, -0.15) is 0 Å². The minimum atomic E-state index is -0.248. The molecule has 104 valence electrons. The molecule has 0 spiro atoms. The fourth-order valence-corrected chi connectivity index (χ4v) is 5.56. The van der Waals surface area contributed by atoms with Gasteiger partial charge in [-0.1, -0.05) is 45.4 Å². The Balaban J connectivity index is 1.50. The van der Waals surface area contributed by atoms with E-state index < -0.39 is 0 Å². The third-order valence-corrected chi connectivity index (χ3v) is 6.32. The second-order valence-corrected chi connectivity index (χ2v) is 7.33. The molecule has 1 N–H and O–H groups in total. The summed E-state index contributed by atoms with van der Waals surface area (Å²) in [6.45, 7) is 2.27. The van der Waals surface area contributed by atoms with Gasteiger partial charge in [0.25, 0.3) is 0 Å². The van der Waals surface area contributed by atoms with Crippen LogP contribution in [0.1, 0.15) is 77.6 Å². The van der Waals surface area contributed by atoms with Crippen molar-refractivity contribution in [3.8, 4) is 0 Å². The highest BCUT2D eigenvalue weighted by Crippen LogP contribution is 2.63. The lowest BCUT2D eigenvalue weighted by Gasteiger charge is -2.39. The molecule has 1 nitrogen and oxygen atoms in total. The van der Waals surface area contributed by atoms with E-state index in [0.29, 0.717) is 5.92 Å². The zero-order valence-corrected chi connectivity index (χ0v) is 12.0. The second kappa shape index (κ2) is 5.15. The normalized spacial score (nSPS) is 45.7. The third kappa shape index (κ3) is 2.13. The molecule has 0 amide bonds. The lowest BCUT2D eigenvalue weighted by molar-refractivity contribution is -0.0535. The first-order chi connectivity index (χ1) is 8.74. The topological polar surface area (TPSA) is 20.2 Å². The molecule has 18 heavy (non-hydrogen) atoms. The van der Waals surface area contributed by atoms with Gasteiger partial charge < -0.3 is 5.11 Å². The Morgan fingerprint density at radius 2 is 1.83 bits per heavy atom. The number of hydrogen-bond donors (Lipinski definition) is 1. The lowest BCUT2D eigenvalue weighted by Crippen LogP contribution is -2.41. The predicted octanol–water partition coefficient (Wildman–Crippen LogP) is 4.53. The van der Waals surface area contributed by atoms with Gasteiger partial charge in [0, 0.05) is 0 Å². The Bertz CT molecular complexity index is 287. The first-order valence-electron chi connectivity index (χ1n) is 8.47. The summed E-state index contributed by atoms with van der Waals surface area (Å²) >= 11 is 0. The molecule has 0 heterocycles. The van der Waals surface area contributed by atoms with Gasteiger partial charge >= 0.3 is 0 Å². The van der Waals surface area contributed by atoms with Crippen molar-refractivity contribution in [2.24, 2.45) is 23.7 Å². The minimum absolute atomic E-state index is 0.248. The highest BCUT2D eigenvalue weighted by atomic mass is 16.3. The van der Waals surface area contributed by atoms with Crippen LogP contribution in [-0.4, -0.2) is 10.7 Å². The van der Waals surface area contributed by atoms with Crippen molar-refractivity contribution in [1.29, 1.82) is 0 Å². The predicted molar refractivity (Wildman–Crippen MR) is 75.4 cm³/mol. The summed E-state index contributed by atoms with van der Waals surface area (Å²) in [5.41, 5.74) is -0.248. The molecule has 0 aromatic carbocycles. The largest absolute Gasteiger partial charge is 0.390 e. The van der Waals surface area contributed by atoms with E-state index in [-0.39, 0.29) is 5.60 Å². The molecule has 0 aromatic rings. The van der Waals surface area contributed by atoms with Crippen molar-refractivity contribution < 1.29 is 5.11 Å². The molecule has 5 unspecified atom stereocenters. The Kier molecular flexibility index (Phi) is 3.71. The van der Waals surface area contributed by atoms with Crippen molar-refractivity contribution in [2.45, 2.75) is 83.2 Å². The molecule has 0 aromatic heterocycles. The van der Waals surface area contributed by atoms with E-state index in [1.165, 1.54) is 57.8 Å². The Labute approximate surface area is 112 Å². The average Bonchev–Trinajstić information content (AvgIpc) is 2.99. The van der Waals surface area contributed by atoms with Crippen LogP contribution in [0.25, 0.3) is 0 Å². The van der Waals surface area contributed by atoms with Crippen LogP contribution < -0.4 is 0 Å². The average molecular weight is 250 g/mol. The lowest BCUT2D eigenvalue weighted by atomic mass is 9.71. The summed E-state index contributed by atoms with van der Waals surface area (Å²) in [5, 5.41) is 11.0. The van der Waals surface area contributed by atoms with Gasteiger partial charge in [-0.15, -0.1) is 0 Å². The van der Waals surface area contributed by atoms with Crippen LogP contribution in [0.5, 0.6) is 0 Å². The van der Waals surface area contributed by atoms with E-state index >= 15 is 0 Å². The van der Waals surface area contributed by atoms with Gasteiger partial charge in [-0.25, -0.2) is 0 Å². The van der Waals surface area contributed by atoms with E-state index in [1.54, 1.807) is 0 Å². The molecule has 0 aliphatic heterocycles. The summed E-state index contributed by atoms with van der Waals surface area (Å²) in [6, 6.07) is 0. The van der Waals surface area contributed by atoms with Gasteiger partial charge in [0.2, 0.25) is 0 Å². The van der Waals surface area contributed by atoms with Gasteiger partial charge in [-0.3, -0.25) is 0 Å². The maximum Gasteiger partial charge on any atom is 0.0681 e. The molecule has 3 saturated carbocycles. The zero-order chi connectivity index (χ0) is 12.6. The Hall–Kier alpha value is -0.0400. The maximum atomic E-state index is 11.0. The van der Waals surface area contributed by atoms with Crippen molar-refractivity contribution >= 4 is 0 Å². The summed E-state index contributed by atoms with van der Waals surface area (Å²) < 4.78 is 0. The molecular formula is C17H30O. The molecule has 1 heteroatoms. The molecule has 0 radical (unpaired) electrons. The fraction of sp³-hybridized carbons (Fsp3) is 1.00. The smallest absolute Gasteiger partial charge is 0.0681 e. The van der Waals surface area contributed by atoms with Crippen LogP contribution in [0.3, 0.4) is 0 Å². The Morgan fingerprint density at radius 1 is 1.06 bits per heavy atom. The van der Waals surface area contributed by atoms with Crippen LogP contribution in [0.2, 0.25) is 0 Å². The SMILES string of the molecule is CCCCCCCC1(O)CC2CC1C1CCCC21. The van der Waals surface area contributed by atoms with E-state index in [9.17, 15) is 5.11 Å². The van der Waals surface area contributed by atoms with E-state index in [0.717, 1.165) is 30.6 Å². The van der Waals surface area contributed by atoms with Crippen LogP contribution in [0.4, 0.5) is 0 Å². The number of fused-ring (bicyclic) bond motifs is 5. The standard InChI is InChI=1S/C17H30O/c1-2-3-4-5-6-10-17(18)12-13-11-16(17)15-9-7-8-14(13)15/h13-16,18H,2-12H2,1H3. The number of rotatable bonds is 6. The molecule has 5 atom stereocenters. The fourth-order valence-electron chi connectivity index (χ4n) is 5.56. The summed E-state index contributed by atoms with van der Waals surface area (Å²) in [4.78, 5) is 0. The van der Waals surface area contributed by atoms with Gasteiger partial charge in [0.1, 0.15) is 0 Å². The maximum absolute atomic E-state index is 11.0. The minimum Gasteiger partial charge on any atom is -0.390 e. The highest BCUT2D eigenvalue weighted by Gasteiger charge is 2.59. The number of unbranched alkanes of at least 4 members (excludes halogenated alkanes) is 4. The molecule has 3 aliphatic carbocycles. The molecular weight excluding hydrogens is 220 g/mol. The van der Waals surface area contributed by atoms with Crippen molar-refractivity contribution in [3.05, 3.63) is 0 Å². The van der Waals surface area contributed by atoms with Crippen LogP contribution >= 0.6 is 0 Å². The molecule has 3 fully saturated rings. The summed E-state index contributed by atoms with van der Waals surface area (Å²) in [7, 11) is 0. The number of aliphatic hydroxyl groups is 1. The van der Waals surface area contributed by atoms with Crippen LogP contribution in [-0.2, 0) is 0 Å². The number of hydrogen-bond acceptors (Lipinski definition) is 1. The quantitative estimate of drug-likeness (QED) is 0.686. The molecule has 0 saturated heterocycles. The highest BCUT2D eigenvalue weighted by molar-refractivity contribution is 5.09. The van der Waals surface area contributed by atoms with Crippen molar-refractivity contribution in [2.75, 3.05) is 0 Å². The van der Waals surface area contributed by atoms with Gasteiger partial charge in [0.05, 0.1) is 5.60 Å². The molecule has 3 aliphatic rings. The summed E-state index contributed by atoms with van der Waals surface area (Å²) in [5.74, 6) is 3.49. The van der Waals surface area contributed by atoms with E-state index in [4.69, 9.17) is 0 Å². The second-order valence-electron chi connectivity index (χ2n) is 7.33. The van der Waals surface area contributed by atoms with Crippen LogP contribution in [0, 0.1) is 23.7 Å². The monoisotopic (exact) mass is 250 g/mol. The Morgan fingerprint density at radius 3 is 2.67 bits per heavy atom. The van der Waals surface area contributed by atoms with Crippen molar-refractivity contribution in [1.82, 2.24) is 0 Å². The van der Waals surface area contributed by atoms with Crippen molar-refractivity contribution in [3.63, 3.8) is 0 Å². The molecule has 3 rings (SSSR count). The zero-order valence-electron chi connectivity index (χ0n) is 12.0. The summed E-state index contributed by atoms with van der Waals surface area (Å²) in [6.07, 6.45) is 14.6. The van der Waals surface area contributed by atoms with E-state index in [1.807, 2.05) is 0 Å². The third-order valence-electron chi connectivity index (χ3n) is 6.32. The van der Waals surface area contributed by atoms with Crippen LogP contribution in [0.15, 0.2) is 0 Å². The molecule has 2 bridgehead atoms. The van der Waals surface area contributed by atoms with Gasteiger partial charge in [0.15, 0.2) is 0 Å². The van der Waals surface area contributed by atoms with Gasteiger partial charge in [-0.05, 0) is 55.8 Å².